The number of aromatic nitrogens is 5. The second kappa shape index (κ2) is 5.91. The molecule has 3 heterocycles. The van der Waals surface area contributed by atoms with Crippen molar-refractivity contribution in [2.24, 2.45) is 0 Å². The Morgan fingerprint density at radius 1 is 0.808 bits per heavy atom. The number of anilines is 1. The lowest BCUT2D eigenvalue weighted by Crippen LogP contribution is -2.35. The average molecular weight is 342 g/mol. The second-order valence-electron chi connectivity index (χ2n) is 6.50. The van der Waals surface area contributed by atoms with E-state index in [4.69, 9.17) is 9.97 Å². The lowest BCUT2D eigenvalue weighted by molar-refractivity contribution is 0.558. The summed E-state index contributed by atoms with van der Waals surface area (Å²) in [5, 5.41) is 8.84. The van der Waals surface area contributed by atoms with Gasteiger partial charge >= 0.3 is 0 Å². The zero-order chi connectivity index (χ0) is 17.5. The summed E-state index contributed by atoms with van der Waals surface area (Å²) in [6.07, 6.45) is 0. The van der Waals surface area contributed by atoms with Gasteiger partial charge in [0.05, 0.1) is 23.3 Å². The summed E-state index contributed by atoms with van der Waals surface area (Å²) in [4.78, 5) is 11.8. The third-order valence-electron chi connectivity index (χ3n) is 4.80. The quantitative estimate of drug-likeness (QED) is 0.560. The van der Waals surface area contributed by atoms with Gasteiger partial charge in [0.15, 0.2) is 17.5 Å². The first-order chi connectivity index (χ1) is 12.8. The molecule has 0 amide bonds. The molecule has 0 aliphatic carbocycles. The van der Waals surface area contributed by atoms with Gasteiger partial charge in [0.2, 0.25) is 0 Å². The van der Waals surface area contributed by atoms with Crippen LogP contribution in [0, 0.1) is 6.92 Å². The first-order valence-electron chi connectivity index (χ1n) is 8.75. The zero-order valence-corrected chi connectivity index (χ0v) is 14.5. The molecular formula is C20H18N6. The van der Waals surface area contributed by atoms with Crippen LogP contribution >= 0.6 is 0 Å². The summed E-state index contributed by atoms with van der Waals surface area (Å²) >= 11 is 0. The summed E-state index contributed by atoms with van der Waals surface area (Å²) in [5.41, 5.74) is 3.90. The highest BCUT2D eigenvalue weighted by Crippen LogP contribution is 2.26. The Kier molecular flexibility index (Phi) is 3.41. The van der Waals surface area contributed by atoms with E-state index in [1.165, 1.54) is 0 Å². The Morgan fingerprint density at radius 2 is 1.54 bits per heavy atom. The molecule has 0 radical (unpaired) electrons. The molecule has 5 rings (SSSR count). The largest absolute Gasteiger partial charge is 0.346 e. The molecule has 26 heavy (non-hydrogen) atoms. The molecule has 0 saturated heterocycles. The van der Waals surface area contributed by atoms with Crippen molar-refractivity contribution in [2.75, 3.05) is 11.4 Å². The van der Waals surface area contributed by atoms with Gasteiger partial charge < -0.3 is 9.47 Å². The molecule has 1 aliphatic heterocycles. The molecular weight excluding hydrogens is 324 g/mol. The van der Waals surface area contributed by atoms with Crippen molar-refractivity contribution in [3.05, 3.63) is 66.1 Å². The van der Waals surface area contributed by atoms with Crippen molar-refractivity contribution in [3.63, 3.8) is 0 Å². The predicted octanol–water partition coefficient (Wildman–Crippen LogP) is 3.22. The van der Waals surface area contributed by atoms with Crippen LogP contribution in [-0.2, 0) is 13.1 Å². The van der Waals surface area contributed by atoms with Crippen molar-refractivity contribution in [3.8, 4) is 11.4 Å². The normalized spacial score (nSPS) is 13.8. The highest BCUT2D eigenvalue weighted by molar-refractivity contribution is 5.76. The van der Waals surface area contributed by atoms with Gasteiger partial charge in [-0.2, -0.15) is 0 Å². The molecule has 128 valence electrons. The van der Waals surface area contributed by atoms with Gasteiger partial charge in [-0.15, -0.1) is 10.2 Å². The molecule has 6 nitrogen and oxygen atoms in total. The summed E-state index contributed by atoms with van der Waals surface area (Å²) in [6.45, 7) is 4.40. The lowest BCUT2D eigenvalue weighted by atomic mass is 10.2. The van der Waals surface area contributed by atoms with Crippen molar-refractivity contribution in [1.29, 1.82) is 0 Å². The van der Waals surface area contributed by atoms with Crippen molar-refractivity contribution < 1.29 is 0 Å². The first kappa shape index (κ1) is 15.0. The van der Waals surface area contributed by atoms with Crippen LogP contribution in [0.3, 0.4) is 0 Å². The standard InChI is InChI=1S/C20H18N6/c1-14-19(22-17-10-6-5-9-16(17)21-14)25-11-12-26-18(13-25)23-24-20(26)15-7-3-2-4-8-15/h2-10H,11-13H2,1H3. The van der Waals surface area contributed by atoms with Gasteiger partial charge in [0.25, 0.3) is 0 Å². The van der Waals surface area contributed by atoms with Crippen LogP contribution < -0.4 is 4.90 Å². The van der Waals surface area contributed by atoms with Gasteiger partial charge in [-0.3, -0.25) is 0 Å². The van der Waals surface area contributed by atoms with E-state index >= 15 is 0 Å². The van der Waals surface area contributed by atoms with E-state index in [0.29, 0.717) is 6.54 Å². The highest BCUT2D eigenvalue weighted by Gasteiger charge is 2.24. The Morgan fingerprint density at radius 3 is 2.35 bits per heavy atom. The van der Waals surface area contributed by atoms with Crippen LogP contribution in [0.15, 0.2) is 54.6 Å². The Hall–Kier alpha value is -3.28. The number of fused-ring (bicyclic) bond motifs is 2. The minimum absolute atomic E-state index is 0.688. The van der Waals surface area contributed by atoms with Crippen molar-refractivity contribution in [1.82, 2.24) is 24.7 Å². The van der Waals surface area contributed by atoms with E-state index in [1.807, 2.05) is 49.4 Å². The second-order valence-corrected chi connectivity index (χ2v) is 6.50. The molecule has 6 heteroatoms. The summed E-state index contributed by atoms with van der Waals surface area (Å²) in [6, 6.07) is 18.2. The molecule has 0 N–H and O–H groups in total. The van der Waals surface area contributed by atoms with Gasteiger partial charge in [-0.1, -0.05) is 42.5 Å². The summed E-state index contributed by atoms with van der Waals surface area (Å²) in [7, 11) is 0. The number of para-hydroxylation sites is 2. The molecule has 0 fully saturated rings. The smallest absolute Gasteiger partial charge is 0.164 e. The molecule has 0 atom stereocenters. The van der Waals surface area contributed by atoms with Crippen LogP contribution in [0.1, 0.15) is 11.5 Å². The average Bonchev–Trinajstić information content (AvgIpc) is 3.11. The molecule has 2 aromatic carbocycles. The van der Waals surface area contributed by atoms with Crippen LogP contribution in [0.25, 0.3) is 22.4 Å². The Labute approximate surface area is 151 Å². The number of hydrogen-bond acceptors (Lipinski definition) is 5. The van der Waals surface area contributed by atoms with Crippen molar-refractivity contribution in [2.45, 2.75) is 20.0 Å². The summed E-state index contributed by atoms with van der Waals surface area (Å²) in [5.74, 6) is 2.82. The van der Waals surface area contributed by atoms with E-state index in [9.17, 15) is 0 Å². The maximum absolute atomic E-state index is 4.84. The minimum Gasteiger partial charge on any atom is -0.346 e. The van der Waals surface area contributed by atoms with Crippen LogP contribution in [-0.4, -0.2) is 31.3 Å². The number of benzene rings is 2. The van der Waals surface area contributed by atoms with Gasteiger partial charge in [-0.25, -0.2) is 9.97 Å². The highest BCUT2D eigenvalue weighted by atomic mass is 15.4. The van der Waals surface area contributed by atoms with Crippen LogP contribution in [0.5, 0.6) is 0 Å². The van der Waals surface area contributed by atoms with Crippen LogP contribution in [0.2, 0.25) is 0 Å². The Balaban J connectivity index is 1.50. The summed E-state index contributed by atoms with van der Waals surface area (Å²) < 4.78 is 2.20. The maximum atomic E-state index is 4.84. The first-order valence-corrected chi connectivity index (χ1v) is 8.75. The fraction of sp³-hybridized carbons (Fsp3) is 0.200. The predicted molar refractivity (Wildman–Crippen MR) is 101 cm³/mol. The van der Waals surface area contributed by atoms with Crippen LogP contribution in [0.4, 0.5) is 5.82 Å². The lowest BCUT2D eigenvalue weighted by Gasteiger charge is -2.29. The number of nitrogens with zero attached hydrogens (tertiary/aromatic N) is 6. The molecule has 0 unspecified atom stereocenters. The Bertz CT molecular complexity index is 1090. The fourth-order valence-electron chi connectivity index (χ4n) is 3.52. The van der Waals surface area contributed by atoms with E-state index in [1.54, 1.807) is 0 Å². The molecule has 0 spiro atoms. The van der Waals surface area contributed by atoms with Gasteiger partial charge in [-0.05, 0) is 19.1 Å². The molecule has 0 saturated carbocycles. The van der Waals surface area contributed by atoms with E-state index < -0.39 is 0 Å². The molecule has 0 bridgehead atoms. The number of aryl methyl sites for hydroxylation is 1. The zero-order valence-electron chi connectivity index (χ0n) is 14.5. The minimum atomic E-state index is 0.688. The van der Waals surface area contributed by atoms with E-state index in [-0.39, 0.29) is 0 Å². The van der Waals surface area contributed by atoms with Gasteiger partial charge in [0.1, 0.15) is 0 Å². The van der Waals surface area contributed by atoms with Gasteiger partial charge in [0, 0.05) is 18.7 Å². The van der Waals surface area contributed by atoms with Crippen molar-refractivity contribution >= 4 is 16.9 Å². The fourth-order valence-corrected chi connectivity index (χ4v) is 3.52. The molecule has 1 aliphatic rings. The third-order valence-corrected chi connectivity index (χ3v) is 4.80. The third kappa shape index (κ3) is 2.42. The van der Waals surface area contributed by atoms with E-state index in [2.05, 4.69) is 31.8 Å². The molecule has 2 aromatic heterocycles. The maximum Gasteiger partial charge on any atom is 0.164 e. The topological polar surface area (TPSA) is 59.7 Å². The monoisotopic (exact) mass is 342 g/mol. The van der Waals surface area contributed by atoms with E-state index in [0.717, 1.165) is 52.8 Å². The number of rotatable bonds is 2. The number of hydrogen-bond donors (Lipinski definition) is 0. The SMILES string of the molecule is Cc1nc2ccccc2nc1N1CCn2c(nnc2-c2ccccc2)C1. The molecule has 4 aromatic rings.